The summed E-state index contributed by atoms with van der Waals surface area (Å²) in [5.41, 5.74) is 0.152. The summed E-state index contributed by atoms with van der Waals surface area (Å²) in [6.07, 6.45) is -4.80. The minimum absolute atomic E-state index is 0.231. The van der Waals surface area contributed by atoms with E-state index in [0.717, 1.165) is 24.3 Å². The highest BCUT2D eigenvalue weighted by atomic mass is 19.4. The van der Waals surface area contributed by atoms with E-state index in [1.807, 2.05) is 5.32 Å². The smallest absolute Gasteiger partial charge is 0.412 e. The molecular weight excluding hydrogens is 420 g/mol. The summed E-state index contributed by atoms with van der Waals surface area (Å²) in [4.78, 5) is 12.6. The number of halogens is 4. The standard InChI is InChI=1S/C20H16F4N4O3/c1-11-17(19(29)25-18(20(22,23)24)12-2-4-13(21)5-3-12)26-27-28(11)14-6-7-15-16(10-14)31-9-8-30-15/h2-7,10,18H,8-9H2,1H3,(H,25,29). The molecule has 0 fully saturated rings. The molecule has 7 nitrogen and oxygen atoms in total. The molecule has 2 aromatic carbocycles. The molecule has 162 valence electrons. The molecule has 4 rings (SSSR count). The molecule has 1 aliphatic heterocycles. The third-order valence-electron chi connectivity index (χ3n) is 4.69. The third kappa shape index (κ3) is 4.16. The number of hydrogen-bond donors (Lipinski definition) is 1. The zero-order valence-electron chi connectivity index (χ0n) is 16.1. The lowest BCUT2D eigenvalue weighted by Gasteiger charge is -2.21. The van der Waals surface area contributed by atoms with Crippen molar-refractivity contribution in [2.45, 2.75) is 19.1 Å². The SMILES string of the molecule is Cc1c(C(=O)NC(c2ccc(F)cc2)C(F)(F)F)nnn1-c1ccc2c(c1)OCCO2. The first-order valence-corrected chi connectivity index (χ1v) is 9.19. The van der Waals surface area contributed by atoms with E-state index in [0.29, 0.717) is 30.4 Å². The zero-order chi connectivity index (χ0) is 22.2. The highest BCUT2D eigenvalue weighted by Gasteiger charge is 2.42. The molecule has 0 saturated heterocycles. The second kappa shape index (κ2) is 7.89. The molecule has 11 heteroatoms. The molecule has 0 spiro atoms. The quantitative estimate of drug-likeness (QED) is 0.634. The van der Waals surface area contributed by atoms with Gasteiger partial charge in [0.1, 0.15) is 19.0 Å². The van der Waals surface area contributed by atoms with Gasteiger partial charge in [0, 0.05) is 6.07 Å². The van der Waals surface area contributed by atoms with Crippen LogP contribution in [0, 0.1) is 12.7 Å². The summed E-state index contributed by atoms with van der Waals surface area (Å²) < 4.78 is 66.0. The Bertz CT molecular complexity index is 1110. The summed E-state index contributed by atoms with van der Waals surface area (Å²) >= 11 is 0. The fourth-order valence-corrected chi connectivity index (χ4v) is 3.16. The van der Waals surface area contributed by atoms with Gasteiger partial charge >= 0.3 is 6.18 Å². The first-order chi connectivity index (χ1) is 14.7. The predicted octanol–water partition coefficient (Wildman–Crippen LogP) is 3.52. The van der Waals surface area contributed by atoms with Gasteiger partial charge < -0.3 is 14.8 Å². The average Bonchev–Trinajstić information content (AvgIpc) is 3.13. The number of rotatable bonds is 4. The molecule has 31 heavy (non-hydrogen) atoms. The van der Waals surface area contributed by atoms with E-state index in [1.54, 1.807) is 18.2 Å². The number of benzene rings is 2. The van der Waals surface area contributed by atoms with Gasteiger partial charge in [-0.05, 0) is 36.8 Å². The number of amides is 1. The van der Waals surface area contributed by atoms with Gasteiger partial charge in [-0.3, -0.25) is 4.79 Å². The Hall–Kier alpha value is -3.63. The number of carbonyl (C=O) groups is 1. The highest BCUT2D eigenvalue weighted by Crippen LogP contribution is 2.34. The topological polar surface area (TPSA) is 78.3 Å². The van der Waals surface area contributed by atoms with Gasteiger partial charge in [0.05, 0.1) is 11.4 Å². The number of fused-ring (bicyclic) bond motifs is 1. The van der Waals surface area contributed by atoms with E-state index in [4.69, 9.17) is 9.47 Å². The van der Waals surface area contributed by atoms with Crippen molar-refractivity contribution in [3.8, 4) is 17.2 Å². The normalized spacial score (nSPS) is 14.2. The van der Waals surface area contributed by atoms with Gasteiger partial charge in [-0.25, -0.2) is 9.07 Å². The van der Waals surface area contributed by atoms with Gasteiger partial charge in [-0.15, -0.1) is 5.10 Å². The van der Waals surface area contributed by atoms with Crippen molar-refractivity contribution < 1.29 is 31.8 Å². The lowest BCUT2D eigenvalue weighted by atomic mass is 10.1. The van der Waals surface area contributed by atoms with E-state index >= 15 is 0 Å². The summed E-state index contributed by atoms with van der Waals surface area (Å²) in [5, 5.41) is 9.55. The summed E-state index contributed by atoms with van der Waals surface area (Å²) in [6, 6.07) is 6.34. The number of ether oxygens (including phenoxy) is 2. The van der Waals surface area contributed by atoms with Gasteiger partial charge in [-0.2, -0.15) is 13.2 Å². The number of carbonyl (C=O) groups excluding carboxylic acids is 1. The van der Waals surface area contributed by atoms with Crippen molar-refractivity contribution in [1.82, 2.24) is 20.3 Å². The van der Waals surface area contributed by atoms with Crippen molar-refractivity contribution in [2.24, 2.45) is 0 Å². The Kier molecular flexibility index (Phi) is 5.25. The lowest BCUT2D eigenvalue weighted by Crippen LogP contribution is -2.38. The first-order valence-electron chi connectivity index (χ1n) is 9.19. The van der Waals surface area contributed by atoms with E-state index < -0.39 is 23.9 Å². The van der Waals surface area contributed by atoms with Crippen molar-refractivity contribution in [2.75, 3.05) is 13.2 Å². The molecule has 2 heterocycles. The van der Waals surface area contributed by atoms with E-state index in [1.165, 1.54) is 11.6 Å². The largest absolute Gasteiger partial charge is 0.486 e. The minimum atomic E-state index is -4.80. The molecule has 1 unspecified atom stereocenters. The van der Waals surface area contributed by atoms with Crippen LogP contribution >= 0.6 is 0 Å². The van der Waals surface area contributed by atoms with Gasteiger partial charge in [-0.1, -0.05) is 17.3 Å². The van der Waals surface area contributed by atoms with Crippen LogP contribution in [0.25, 0.3) is 5.69 Å². The number of aromatic nitrogens is 3. The van der Waals surface area contributed by atoms with Crippen LogP contribution in [0.2, 0.25) is 0 Å². The van der Waals surface area contributed by atoms with Crippen LogP contribution in [-0.2, 0) is 0 Å². The van der Waals surface area contributed by atoms with E-state index in [2.05, 4.69) is 10.3 Å². The first kappa shape index (κ1) is 20.6. The van der Waals surface area contributed by atoms with Gasteiger partial charge in [0.25, 0.3) is 5.91 Å². The van der Waals surface area contributed by atoms with Crippen molar-refractivity contribution in [1.29, 1.82) is 0 Å². The maximum absolute atomic E-state index is 13.5. The lowest BCUT2D eigenvalue weighted by molar-refractivity contribution is -0.155. The number of alkyl halides is 3. The summed E-state index contributed by atoms with van der Waals surface area (Å²) in [7, 11) is 0. The molecule has 1 N–H and O–H groups in total. The summed E-state index contributed by atoms with van der Waals surface area (Å²) in [5.74, 6) is -0.710. The Labute approximate surface area is 173 Å². The van der Waals surface area contributed by atoms with Crippen LogP contribution in [0.3, 0.4) is 0 Å². The van der Waals surface area contributed by atoms with E-state index in [-0.39, 0.29) is 17.0 Å². The van der Waals surface area contributed by atoms with Gasteiger partial charge in [0.2, 0.25) is 0 Å². The van der Waals surface area contributed by atoms with Crippen LogP contribution in [0.1, 0.15) is 27.8 Å². The molecule has 3 aromatic rings. The Morgan fingerprint density at radius 2 is 1.77 bits per heavy atom. The highest BCUT2D eigenvalue weighted by molar-refractivity contribution is 5.93. The molecule has 0 aliphatic carbocycles. The van der Waals surface area contributed by atoms with Crippen LogP contribution in [0.5, 0.6) is 11.5 Å². The predicted molar refractivity (Wildman–Crippen MR) is 99.7 cm³/mol. The second-order valence-corrected chi connectivity index (χ2v) is 6.76. The fourth-order valence-electron chi connectivity index (χ4n) is 3.16. The summed E-state index contributed by atoms with van der Waals surface area (Å²) in [6.45, 7) is 2.31. The fraction of sp³-hybridized carbons (Fsp3) is 0.250. The van der Waals surface area contributed by atoms with Crippen LogP contribution in [0.4, 0.5) is 17.6 Å². The average molecular weight is 436 g/mol. The van der Waals surface area contributed by atoms with Crippen LogP contribution < -0.4 is 14.8 Å². The molecule has 1 aliphatic rings. The Morgan fingerprint density at radius 1 is 1.10 bits per heavy atom. The molecular formula is C20H16F4N4O3. The monoisotopic (exact) mass is 436 g/mol. The maximum Gasteiger partial charge on any atom is 0.412 e. The van der Waals surface area contributed by atoms with Crippen LogP contribution in [0.15, 0.2) is 42.5 Å². The Balaban J connectivity index is 1.60. The number of nitrogens with zero attached hydrogens (tertiary/aromatic N) is 3. The number of nitrogens with one attached hydrogen (secondary N) is 1. The second-order valence-electron chi connectivity index (χ2n) is 6.76. The van der Waals surface area contributed by atoms with E-state index in [9.17, 15) is 22.4 Å². The van der Waals surface area contributed by atoms with Crippen molar-refractivity contribution in [3.63, 3.8) is 0 Å². The maximum atomic E-state index is 13.5. The molecule has 0 saturated carbocycles. The van der Waals surface area contributed by atoms with Crippen molar-refractivity contribution >= 4 is 5.91 Å². The zero-order valence-corrected chi connectivity index (χ0v) is 16.1. The molecule has 0 radical (unpaired) electrons. The van der Waals surface area contributed by atoms with Crippen molar-refractivity contribution in [3.05, 3.63) is 65.2 Å². The Morgan fingerprint density at radius 3 is 2.45 bits per heavy atom. The van der Waals surface area contributed by atoms with Crippen LogP contribution in [-0.4, -0.2) is 40.3 Å². The number of hydrogen-bond acceptors (Lipinski definition) is 5. The molecule has 1 aromatic heterocycles. The van der Waals surface area contributed by atoms with Gasteiger partial charge in [0.15, 0.2) is 23.2 Å². The molecule has 1 atom stereocenters. The minimum Gasteiger partial charge on any atom is -0.486 e. The third-order valence-corrected chi connectivity index (χ3v) is 4.69. The molecule has 1 amide bonds. The molecule has 0 bridgehead atoms.